The molecule has 7 nitrogen and oxygen atoms in total. The maximum atomic E-state index is 12.7. The minimum absolute atomic E-state index is 0.190. The maximum Gasteiger partial charge on any atom is 0.278 e. The molecule has 0 aliphatic rings. The molecule has 0 atom stereocenters. The van der Waals surface area contributed by atoms with Gasteiger partial charge in [0.05, 0.1) is 5.39 Å². The van der Waals surface area contributed by atoms with Gasteiger partial charge in [-0.2, -0.15) is 5.10 Å². The SMILES string of the molecule is CCc1nnc(NC(=O)c2nn(CC(C)C)c(=O)c3ccccc23)s1. The summed E-state index contributed by atoms with van der Waals surface area (Å²) in [5.74, 6) is -0.162. The number of amides is 1. The number of aromatic nitrogens is 4. The summed E-state index contributed by atoms with van der Waals surface area (Å²) in [7, 11) is 0. The van der Waals surface area contributed by atoms with E-state index in [1.54, 1.807) is 24.3 Å². The first-order chi connectivity index (χ1) is 12.0. The highest BCUT2D eigenvalue weighted by molar-refractivity contribution is 7.15. The lowest BCUT2D eigenvalue weighted by Crippen LogP contribution is -2.29. The van der Waals surface area contributed by atoms with E-state index in [-0.39, 0.29) is 17.2 Å². The number of hydrogen-bond donors (Lipinski definition) is 1. The van der Waals surface area contributed by atoms with Gasteiger partial charge in [-0.25, -0.2) is 4.68 Å². The topological polar surface area (TPSA) is 89.8 Å². The second-order valence-electron chi connectivity index (χ2n) is 6.08. The first-order valence-corrected chi connectivity index (χ1v) is 8.94. The lowest BCUT2D eigenvalue weighted by atomic mass is 10.1. The third kappa shape index (κ3) is 3.58. The van der Waals surface area contributed by atoms with Gasteiger partial charge in [-0.3, -0.25) is 14.9 Å². The normalized spacial score (nSPS) is 11.2. The smallest absolute Gasteiger partial charge is 0.278 e. The molecule has 0 aliphatic carbocycles. The number of nitrogens with zero attached hydrogens (tertiary/aromatic N) is 4. The third-order valence-corrected chi connectivity index (χ3v) is 4.59. The number of hydrogen-bond acceptors (Lipinski definition) is 6. The van der Waals surface area contributed by atoms with Crippen LogP contribution >= 0.6 is 11.3 Å². The number of aryl methyl sites for hydroxylation is 1. The van der Waals surface area contributed by atoms with E-state index < -0.39 is 5.91 Å². The summed E-state index contributed by atoms with van der Waals surface area (Å²) in [5, 5.41) is 17.3. The number of carbonyl (C=O) groups is 1. The zero-order chi connectivity index (χ0) is 18.0. The Bertz CT molecular complexity index is 977. The maximum absolute atomic E-state index is 12.7. The highest BCUT2D eigenvalue weighted by atomic mass is 32.1. The molecule has 8 heteroatoms. The first-order valence-electron chi connectivity index (χ1n) is 8.13. The van der Waals surface area contributed by atoms with E-state index in [9.17, 15) is 9.59 Å². The quantitative estimate of drug-likeness (QED) is 0.758. The van der Waals surface area contributed by atoms with Gasteiger partial charge in [0.2, 0.25) is 5.13 Å². The molecule has 130 valence electrons. The van der Waals surface area contributed by atoms with Crippen LogP contribution in [-0.2, 0) is 13.0 Å². The van der Waals surface area contributed by atoms with Gasteiger partial charge in [-0.15, -0.1) is 10.2 Å². The summed E-state index contributed by atoms with van der Waals surface area (Å²) in [6.45, 7) is 6.42. The second-order valence-corrected chi connectivity index (χ2v) is 7.15. The number of anilines is 1. The fraction of sp³-hybridized carbons (Fsp3) is 0.353. The van der Waals surface area contributed by atoms with E-state index in [4.69, 9.17) is 0 Å². The Morgan fingerprint density at radius 3 is 2.60 bits per heavy atom. The average molecular weight is 357 g/mol. The van der Waals surface area contributed by atoms with Crippen LogP contribution in [0.2, 0.25) is 0 Å². The molecule has 3 aromatic rings. The van der Waals surface area contributed by atoms with E-state index in [0.29, 0.717) is 22.4 Å². The van der Waals surface area contributed by atoms with Crippen molar-refractivity contribution in [3.8, 4) is 0 Å². The fourth-order valence-electron chi connectivity index (χ4n) is 2.48. The molecule has 1 aromatic carbocycles. The van der Waals surface area contributed by atoms with Crippen molar-refractivity contribution >= 4 is 33.1 Å². The first kappa shape index (κ1) is 17.2. The largest absolute Gasteiger partial charge is 0.295 e. The molecule has 0 saturated heterocycles. The molecule has 1 N–H and O–H groups in total. The van der Waals surface area contributed by atoms with Crippen LogP contribution in [0.1, 0.15) is 36.3 Å². The molecule has 0 unspecified atom stereocenters. The van der Waals surface area contributed by atoms with Crippen molar-refractivity contribution in [2.45, 2.75) is 33.7 Å². The monoisotopic (exact) mass is 357 g/mol. The summed E-state index contributed by atoms with van der Waals surface area (Å²) >= 11 is 1.33. The fourth-order valence-corrected chi connectivity index (χ4v) is 3.15. The van der Waals surface area contributed by atoms with Crippen molar-refractivity contribution in [1.82, 2.24) is 20.0 Å². The highest BCUT2D eigenvalue weighted by Crippen LogP contribution is 2.19. The molecular weight excluding hydrogens is 338 g/mol. The van der Waals surface area contributed by atoms with Crippen LogP contribution < -0.4 is 10.9 Å². The van der Waals surface area contributed by atoms with Gasteiger partial charge in [0.1, 0.15) is 5.01 Å². The summed E-state index contributed by atoms with van der Waals surface area (Å²) in [4.78, 5) is 25.3. The molecule has 0 bridgehead atoms. The number of benzene rings is 1. The zero-order valence-corrected chi connectivity index (χ0v) is 15.1. The predicted octanol–water partition coefficient (Wildman–Crippen LogP) is 2.72. The van der Waals surface area contributed by atoms with Crippen molar-refractivity contribution in [2.24, 2.45) is 5.92 Å². The van der Waals surface area contributed by atoms with Crippen LogP contribution in [0, 0.1) is 5.92 Å². The number of rotatable bonds is 5. The molecule has 0 spiro atoms. The molecule has 0 radical (unpaired) electrons. The second kappa shape index (κ2) is 7.10. The van der Waals surface area contributed by atoms with Crippen molar-refractivity contribution < 1.29 is 4.79 Å². The molecule has 1 amide bonds. The molecule has 3 rings (SSSR count). The van der Waals surface area contributed by atoms with Crippen LogP contribution in [-0.4, -0.2) is 25.9 Å². The van der Waals surface area contributed by atoms with Gasteiger partial charge in [0, 0.05) is 11.9 Å². The zero-order valence-electron chi connectivity index (χ0n) is 14.3. The predicted molar refractivity (Wildman–Crippen MR) is 98.1 cm³/mol. The summed E-state index contributed by atoms with van der Waals surface area (Å²) in [6, 6.07) is 7.01. The molecule has 2 heterocycles. The van der Waals surface area contributed by atoms with Gasteiger partial charge in [-0.05, 0) is 18.4 Å². The molecular formula is C17H19N5O2S. The number of nitrogens with one attached hydrogen (secondary N) is 1. The van der Waals surface area contributed by atoms with E-state index in [1.165, 1.54) is 16.0 Å². The van der Waals surface area contributed by atoms with Crippen molar-refractivity contribution in [3.63, 3.8) is 0 Å². The van der Waals surface area contributed by atoms with Crippen LogP contribution in [0.5, 0.6) is 0 Å². The Hall–Kier alpha value is -2.61. The Morgan fingerprint density at radius 1 is 1.24 bits per heavy atom. The summed E-state index contributed by atoms with van der Waals surface area (Å²) in [6.07, 6.45) is 0.758. The number of carbonyl (C=O) groups excluding carboxylic acids is 1. The van der Waals surface area contributed by atoms with Crippen molar-refractivity contribution in [1.29, 1.82) is 0 Å². The Balaban J connectivity index is 2.05. The Kier molecular flexibility index (Phi) is 4.89. The van der Waals surface area contributed by atoms with E-state index in [0.717, 1.165) is 11.4 Å². The van der Waals surface area contributed by atoms with Gasteiger partial charge in [0.25, 0.3) is 11.5 Å². The molecule has 0 saturated carbocycles. The van der Waals surface area contributed by atoms with Crippen LogP contribution in [0.4, 0.5) is 5.13 Å². The molecule has 25 heavy (non-hydrogen) atoms. The standard InChI is InChI=1S/C17H19N5O2S/c1-4-13-19-20-17(25-13)18-15(23)14-11-7-5-6-8-12(11)16(24)22(21-14)9-10(2)3/h5-8,10H,4,9H2,1-3H3,(H,18,20,23). The average Bonchev–Trinajstić information content (AvgIpc) is 3.04. The number of fused-ring (bicyclic) bond motifs is 1. The van der Waals surface area contributed by atoms with E-state index in [1.807, 2.05) is 20.8 Å². The summed E-state index contributed by atoms with van der Waals surface area (Å²) in [5.41, 5.74) is 0.0223. The summed E-state index contributed by atoms with van der Waals surface area (Å²) < 4.78 is 1.36. The molecule has 0 fully saturated rings. The Labute approximate surface area is 148 Å². The minimum atomic E-state index is -0.396. The lowest BCUT2D eigenvalue weighted by Gasteiger charge is -2.12. The van der Waals surface area contributed by atoms with E-state index in [2.05, 4.69) is 20.6 Å². The van der Waals surface area contributed by atoms with Gasteiger partial charge >= 0.3 is 0 Å². The minimum Gasteiger partial charge on any atom is -0.295 e. The van der Waals surface area contributed by atoms with Gasteiger partial charge in [0.15, 0.2) is 5.69 Å². The van der Waals surface area contributed by atoms with Crippen LogP contribution in [0.25, 0.3) is 10.8 Å². The van der Waals surface area contributed by atoms with Crippen LogP contribution in [0.3, 0.4) is 0 Å². The van der Waals surface area contributed by atoms with Gasteiger partial charge < -0.3 is 0 Å². The third-order valence-electron chi connectivity index (χ3n) is 3.61. The van der Waals surface area contributed by atoms with Gasteiger partial charge in [-0.1, -0.05) is 50.3 Å². The molecule has 0 aliphatic heterocycles. The van der Waals surface area contributed by atoms with Crippen molar-refractivity contribution in [2.75, 3.05) is 5.32 Å². The highest BCUT2D eigenvalue weighted by Gasteiger charge is 2.18. The van der Waals surface area contributed by atoms with Crippen LogP contribution in [0.15, 0.2) is 29.1 Å². The van der Waals surface area contributed by atoms with Crippen molar-refractivity contribution in [3.05, 3.63) is 45.3 Å². The lowest BCUT2D eigenvalue weighted by molar-refractivity contribution is 0.102. The molecule has 2 aromatic heterocycles. The van der Waals surface area contributed by atoms with E-state index >= 15 is 0 Å². The Morgan fingerprint density at radius 2 is 1.96 bits per heavy atom.